The second-order valence-corrected chi connectivity index (χ2v) is 11.5. The van der Waals surface area contributed by atoms with Crippen LogP contribution in [-0.2, 0) is 26.3 Å². The standard InChI is InChI=1S/C27H38N4O5S/c1-5-25(27(33)28-22-13-9-10-14-22)30(19-21-12-11-17-24(18-21)36-4)26(32)20-31(37(34,35)29(2)3)23-15-7-6-8-16-23/h6-8,11-12,15-18,22,25H,5,9-10,13-14,19-20H2,1-4H3,(H,28,33)/t25-/m1/s1. The molecular formula is C27H38N4O5S. The molecule has 2 amide bonds. The lowest BCUT2D eigenvalue weighted by atomic mass is 10.1. The molecule has 3 rings (SSSR count). The molecule has 1 fully saturated rings. The third kappa shape index (κ3) is 7.23. The molecule has 0 spiro atoms. The molecule has 1 aliphatic carbocycles. The number of methoxy groups -OCH3 is 1. The monoisotopic (exact) mass is 530 g/mol. The second-order valence-electron chi connectivity index (χ2n) is 9.42. The number of rotatable bonds is 12. The van der Waals surface area contributed by atoms with Crippen LogP contribution < -0.4 is 14.4 Å². The van der Waals surface area contributed by atoms with Gasteiger partial charge in [0.2, 0.25) is 11.8 Å². The fourth-order valence-electron chi connectivity index (χ4n) is 4.57. The van der Waals surface area contributed by atoms with Gasteiger partial charge in [0.1, 0.15) is 18.3 Å². The minimum atomic E-state index is -3.98. The van der Waals surface area contributed by atoms with Crippen molar-refractivity contribution >= 4 is 27.7 Å². The van der Waals surface area contributed by atoms with Crippen LogP contribution >= 0.6 is 0 Å². The maximum atomic E-state index is 13.9. The van der Waals surface area contributed by atoms with Crippen molar-refractivity contribution < 1.29 is 22.7 Å². The lowest BCUT2D eigenvalue weighted by Crippen LogP contribution is -2.54. The highest BCUT2D eigenvalue weighted by Gasteiger charge is 2.34. The van der Waals surface area contributed by atoms with Crippen molar-refractivity contribution in [3.8, 4) is 5.75 Å². The van der Waals surface area contributed by atoms with Crippen molar-refractivity contribution in [1.29, 1.82) is 0 Å². The molecule has 0 heterocycles. The number of carbonyl (C=O) groups is 2. The molecule has 0 radical (unpaired) electrons. The Morgan fingerprint density at radius 3 is 2.32 bits per heavy atom. The number of hydrogen-bond donors (Lipinski definition) is 1. The Morgan fingerprint density at radius 1 is 1.05 bits per heavy atom. The zero-order valence-electron chi connectivity index (χ0n) is 22.1. The molecule has 1 N–H and O–H groups in total. The Bertz CT molecular complexity index is 1150. The Kier molecular flexibility index (Phi) is 9.93. The third-order valence-electron chi connectivity index (χ3n) is 6.64. The average molecular weight is 531 g/mol. The maximum Gasteiger partial charge on any atom is 0.304 e. The molecule has 1 saturated carbocycles. The topological polar surface area (TPSA) is 99.3 Å². The highest BCUT2D eigenvalue weighted by atomic mass is 32.2. The number of nitrogens with one attached hydrogen (secondary N) is 1. The summed E-state index contributed by atoms with van der Waals surface area (Å²) >= 11 is 0. The van der Waals surface area contributed by atoms with E-state index in [2.05, 4.69) is 5.32 Å². The number of para-hydroxylation sites is 1. The lowest BCUT2D eigenvalue weighted by molar-refractivity contribution is -0.140. The van der Waals surface area contributed by atoms with Crippen molar-refractivity contribution in [3.05, 3.63) is 60.2 Å². The van der Waals surface area contributed by atoms with E-state index >= 15 is 0 Å². The van der Waals surface area contributed by atoms with Crippen LogP contribution in [0.5, 0.6) is 5.75 Å². The minimum Gasteiger partial charge on any atom is -0.497 e. The zero-order valence-corrected chi connectivity index (χ0v) is 22.9. The summed E-state index contributed by atoms with van der Waals surface area (Å²) in [5.41, 5.74) is 1.15. The lowest BCUT2D eigenvalue weighted by Gasteiger charge is -2.34. The van der Waals surface area contributed by atoms with E-state index in [9.17, 15) is 18.0 Å². The van der Waals surface area contributed by atoms with E-state index < -0.39 is 28.7 Å². The highest BCUT2D eigenvalue weighted by Crippen LogP contribution is 2.23. The molecule has 0 saturated heterocycles. The van der Waals surface area contributed by atoms with Gasteiger partial charge in [-0.05, 0) is 49.1 Å². The first kappa shape index (κ1) is 28.5. The van der Waals surface area contributed by atoms with Crippen LogP contribution in [0.25, 0.3) is 0 Å². The predicted molar refractivity (Wildman–Crippen MR) is 144 cm³/mol. The number of hydrogen-bond acceptors (Lipinski definition) is 5. The van der Waals surface area contributed by atoms with Crippen molar-refractivity contribution in [2.24, 2.45) is 0 Å². The number of carbonyl (C=O) groups excluding carboxylic acids is 2. The number of nitrogens with zero attached hydrogens (tertiary/aromatic N) is 3. The van der Waals surface area contributed by atoms with E-state index in [1.54, 1.807) is 43.5 Å². The SMILES string of the molecule is CC[C@H](C(=O)NC1CCCC1)N(Cc1cccc(OC)c1)C(=O)CN(c1ccccc1)S(=O)(=O)N(C)C. The molecule has 0 bridgehead atoms. The molecule has 0 aliphatic heterocycles. The summed E-state index contributed by atoms with van der Waals surface area (Å²) in [6, 6.07) is 15.2. The van der Waals surface area contributed by atoms with Gasteiger partial charge in [-0.3, -0.25) is 9.59 Å². The summed E-state index contributed by atoms with van der Waals surface area (Å²) in [4.78, 5) is 28.8. The van der Waals surface area contributed by atoms with Gasteiger partial charge in [-0.1, -0.05) is 50.1 Å². The van der Waals surface area contributed by atoms with Gasteiger partial charge in [-0.25, -0.2) is 4.31 Å². The summed E-state index contributed by atoms with van der Waals surface area (Å²) in [5.74, 6) is -0.0488. The van der Waals surface area contributed by atoms with Crippen LogP contribution in [0.2, 0.25) is 0 Å². The normalized spacial score (nSPS) is 14.8. The van der Waals surface area contributed by atoms with Gasteiger partial charge in [0, 0.05) is 26.7 Å². The van der Waals surface area contributed by atoms with Gasteiger partial charge >= 0.3 is 10.2 Å². The fraction of sp³-hybridized carbons (Fsp3) is 0.481. The largest absolute Gasteiger partial charge is 0.497 e. The van der Waals surface area contributed by atoms with Crippen LogP contribution in [0.15, 0.2) is 54.6 Å². The van der Waals surface area contributed by atoms with Crippen molar-refractivity contribution in [2.75, 3.05) is 32.1 Å². The number of ether oxygens (including phenoxy) is 1. The second kappa shape index (κ2) is 12.9. The average Bonchev–Trinajstić information content (AvgIpc) is 3.40. The summed E-state index contributed by atoms with van der Waals surface area (Å²) in [5, 5.41) is 3.11. The molecular weight excluding hydrogens is 492 g/mol. The van der Waals surface area contributed by atoms with Gasteiger partial charge in [-0.15, -0.1) is 0 Å². The molecule has 1 atom stereocenters. The van der Waals surface area contributed by atoms with Crippen molar-refractivity contribution in [3.63, 3.8) is 0 Å². The summed E-state index contributed by atoms with van der Waals surface area (Å²) in [6.07, 6.45) is 4.38. The molecule has 0 unspecified atom stereocenters. The minimum absolute atomic E-state index is 0.102. The van der Waals surface area contributed by atoms with Crippen LogP contribution in [-0.4, -0.2) is 69.3 Å². The Hall–Kier alpha value is -3.11. The van der Waals surface area contributed by atoms with Gasteiger partial charge < -0.3 is 15.0 Å². The molecule has 202 valence electrons. The van der Waals surface area contributed by atoms with Crippen LogP contribution in [0.4, 0.5) is 5.69 Å². The predicted octanol–water partition coefficient (Wildman–Crippen LogP) is 3.17. The van der Waals surface area contributed by atoms with Crippen molar-refractivity contribution in [1.82, 2.24) is 14.5 Å². The van der Waals surface area contributed by atoms with E-state index in [4.69, 9.17) is 4.74 Å². The van der Waals surface area contributed by atoms with Gasteiger partial charge in [0.25, 0.3) is 0 Å². The van der Waals surface area contributed by atoms with Gasteiger partial charge in [-0.2, -0.15) is 12.7 Å². The molecule has 2 aromatic rings. The third-order valence-corrected chi connectivity index (χ3v) is 8.46. The Balaban J connectivity index is 1.96. The highest BCUT2D eigenvalue weighted by molar-refractivity contribution is 7.90. The quantitative estimate of drug-likeness (QED) is 0.455. The molecule has 10 heteroatoms. The molecule has 9 nitrogen and oxygen atoms in total. The summed E-state index contributed by atoms with van der Waals surface area (Å²) < 4.78 is 33.9. The first-order chi connectivity index (χ1) is 17.7. The summed E-state index contributed by atoms with van der Waals surface area (Å²) in [7, 11) is 0.437. The molecule has 37 heavy (non-hydrogen) atoms. The Labute approximate surface area is 220 Å². The number of anilines is 1. The molecule has 0 aromatic heterocycles. The first-order valence-corrected chi connectivity index (χ1v) is 14.0. The van der Waals surface area contributed by atoms with Crippen LogP contribution in [0, 0.1) is 0 Å². The van der Waals surface area contributed by atoms with E-state index in [1.807, 2.05) is 25.1 Å². The van der Waals surface area contributed by atoms with E-state index in [-0.39, 0.29) is 18.5 Å². The Morgan fingerprint density at radius 2 is 1.73 bits per heavy atom. The summed E-state index contributed by atoms with van der Waals surface area (Å²) in [6.45, 7) is 1.55. The zero-order chi connectivity index (χ0) is 27.0. The van der Waals surface area contributed by atoms with Crippen molar-refractivity contribution in [2.45, 2.75) is 57.7 Å². The number of benzene rings is 2. The van der Waals surface area contributed by atoms with Gasteiger partial charge in [0.15, 0.2) is 0 Å². The number of amides is 2. The van der Waals surface area contributed by atoms with Crippen LogP contribution in [0.3, 0.4) is 0 Å². The molecule has 2 aromatic carbocycles. The van der Waals surface area contributed by atoms with E-state index in [0.29, 0.717) is 17.9 Å². The smallest absolute Gasteiger partial charge is 0.304 e. The maximum absolute atomic E-state index is 13.9. The van der Waals surface area contributed by atoms with Gasteiger partial charge in [0.05, 0.1) is 12.8 Å². The molecule has 1 aliphatic rings. The van der Waals surface area contributed by atoms with E-state index in [1.165, 1.54) is 19.0 Å². The van der Waals surface area contributed by atoms with E-state index in [0.717, 1.165) is 39.9 Å². The fourth-order valence-corrected chi connectivity index (χ4v) is 5.62. The van der Waals surface area contributed by atoms with Crippen LogP contribution in [0.1, 0.15) is 44.6 Å². The first-order valence-electron chi connectivity index (χ1n) is 12.6.